The molecular formula is C14H16FNO4. The molecule has 0 heterocycles. The highest BCUT2D eigenvalue weighted by Gasteiger charge is 2.12. The number of hydrogen-bond acceptors (Lipinski definition) is 4. The van der Waals surface area contributed by atoms with E-state index in [1.54, 1.807) is 12.1 Å². The number of nitrogens with zero attached hydrogens (tertiary/aromatic N) is 1. The predicted molar refractivity (Wildman–Crippen MR) is 70.5 cm³/mol. The number of amides is 1. The Balaban J connectivity index is 2.54. The molecule has 0 aromatic heterocycles. The molecule has 1 aromatic carbocycles. The maximum absolute atomic E-state index is 12.7. The number of halogens is 1. The molecule has 5 nitrogen and oxygen atoms in total. The highest BCUT2D eigenvalue weighted by molar-refractivity contribution is 5.96. The molecule has 0 spiro atoms. The molecule has 0 fully saturated rings. The van der Waals surface area contributed by atoms with Gasteiger partial charge >= 0.3 is 5.97 Å². The first-order chi connectivity index (χ1) is 9.43. The van der Waals surface area contributed by atoms with Crippen molar-refractivity contribution in [3.63, 3.8) is 0 Å². The van der Waals surface area contributed by atoms with Crippen LogP contribution in [0.15, 0.2) is 36.1 Å². The fourth-order valence-electron chi connectivity index (χ4n) is 1.45. The highest BCUT2D eigenvalue weighted by Crippen LogP contribution is 2.04. The molecule has 0 saturated heterocycles. The van der Waals surface area contributed by atoms with Crippen molar-refractivity contribution in [3.8, 4) is 0 Å². The van der Waals surface area contributed by atoms with E-state index < -0.39 is 17.6 Å². The van der Waals surface area contributed by atoms with Gasteiger partial charge < -0.3 is 14.7 Å². The first-order valence-corrected chi connectivity index (χ1v) is 5.92. The molecule has 1 amide bonds. The molecule has 20 heavy (non-hydrogen) atoms. The van der Waals surface area contributed by atoms with Crippen LogP contribution in [0.1, 0.15) is 5.56 Å². The number of methoxy groups -OCH3 is 1. The number of carbonyl (C=O) groups is 2. The maximum atomic E-state index is 12.7. The quantitative estimate of drug-likeness (QED) is 0.504. The second kappa shape index (κ2) is 7.28. The molecular weight excluding hydrogens is 265 g/mol. The average Bonchev–Trinajstić information content (AvgIpc) is 2.45. The van der Waals surface area contributed by atoms with Crippen LogP contribution in [0.25, 0.3) is 0 Å². The minimum atomic E-state index is -0.967. The Morgan fingerprint density at radius 3 is 2.50 bits per heavy atom. The summed E-state index contributed by atoms with van der Waals surface area (Å²) < 4.78 is 17.0. The molecule has 1 N–H and O–H groups in total. The minimum absolute atomic E-state index is 0.316. The Hall–Kier alpha value is -2.37. The van der Waals surface area contributed by atoms with Crippen LogP contribution in [0.3, 0.4) is 0 Å². The Kier molecular flexibility index (Phi) is 5.71. The molecule has 0 radical (unpaired) electrons. The van der Waals surface area contributed by atoms with Crippen LogP contribution in [0.5, 0.6) is 0 Å². The first kappa shape index (κ1) is 15.7. The number of ether oxygens (including phenoxy) is 1. The average molecular weight is 281 g/mol. The summed E-state index contributed by atoms with van der Waals surface area (Å²) in [6.45, 7) is 0.370. The zero-order valence-corrected chi connectivity index (χ0v) is 11.3. The second-order valence-electron chi connectivity index (χ2n) is 4.16. The SMILES string of the molecule is COC(=O)/C(O)=C/C(=O)N(C)CCc1ccc(F)cc1. The van der Waals surface area contributed by atoms with Crippen LogP contribution in [-0.4, -0.2) is 42.6 Å². The van der Waals surface area contributed by atoms with E-state index in [-0.39, 0.29) is 5.82 Å². The van der Waals surface area contributed by atoms with E-state index in [1.165, 1.54) is 24.1 Å². The van der Waals surface area contributed by atoms with Crippen molar-refractivity contribution in [1.82, 2.24) is 4.90 Å². The Labute approximate surface area is 116 Å². The smallest absolute Gasteiger partial charge is 0.373 e. The largest absolute Gasteiger partial charge is 0.502 e. The number of carbonyl (C=O) groups excluding carboxylic acids is 2. The number of benzene rings is 1. The summed E-state index contributed by atoms with van der Waals surface area (Å²) in [5.41, 5.74) is 0.882. The summed E-state index contributed by atoms with van der Waals surface area (Å²) in [4.78, 5) is 23.9. The van der Waals surface area contributed by atoms with Gasteiger partial charge in [-0.25, -0.2) is 9.18 Å². The van der Waals surface area contributed by atoms with E-state index in [4.69, 9.17) is 0 Å². The maximum Gasteiger partial charge on any atom is 0.373 e. The van der Waals surface area contributed by atoms with Crippen LogP contribution in [-0.2, 0) is 20.7 Å². The van der Waals surface area contributed by atoms with Gasteiger partial charge in [-0.05, 0) is 24.1 Å². The molecule has 0 saturated carbocycles. The molecule has 0 aliphatic rings. The van der Waals surface area contributed by atoms with Crippen LogP contribution >= 0.6 is 0 Å². The van der Waals surface area contributed by atoms with Gasteiger partial charge in [-0.15, -0.1) is 0 Å². The van der Waals surface area contributed by atoms with Gasteiger partial charge in [-0.2, -0.15) is 0 Å². The lowest BCUT2D eigenvalue weighted by Crippen LogP contribution is -2.28. The van der Waals surface area contributed by atoms with Crippen molar-refractivity contribution in [3.05, 3.63) is 47.5 Å². The lowest BCUT2D eigenvalue weighted by Gasteiger charge is -2.15. The van der Waals surface area contributed by atoms with Crippen molar-refractivity contribution >= 4 is 11.9 Å². The van der Waals surface area contributed by atoms with E-state index in [9.17, 15) is 19.1 Å². The number of aliphatic hydroxyl groups excluding tert-OH is 1. The van der Waals surface area contributed by atoms with Gasteiger partial charge in [-0.3, -0.25) is 4.79 Å². The molecule has 1 aromatic rings. The van der Waals surface area contributed by atoms with Crippen LogP contribution in [0.2, 0.25) is 0 Å². The summed E-state index contributed by atoms with van der Waals surface area (Å²) in [6, 6.07) is 5.96. The standard InChI is InChI=1S/C14H16FNO4/c1-16(13(18)9-12(17)14(19)20-2)8-7-10-3-5-11(15)6-4-10/h3-6,9,17H,7-8H2,1-2H3/b12-9-. The normalized spacial score (nSPS) is 11.1. The lowest BCUT2D eigenvalue weighted by molar-refractivity contribution is -0.139. The highest BCUT2D eigenvalue weighted by atomic mass is 19.1. The number of hydrogen-bond donors (Lipinski definition) is 1. The van der Waals surface area contributed by atoms with Gasteiger partial charge in [0.15, 0.2) is 0 Å². The monoisotopic (exact) mass is 281 g/mol. The van der Waals surface area contributed by atoms with E-state index in [0.29, 0.717) is 13.0 Å². The van der Waals surface area contributed by atoms with E-state index >= 15 is 0 Å². The van der Waals surface area contributed by atoms with E-state index in [2.05, 4.69) is 4.74 Å². The molecule has 1 rings (SSSR count). The van der Waals surface area contributed by atoms with Crippen LogP contribution < -0.4 is 0 Å². The summed E-state index contributed by atoms with van der Waals surface area (Å²) >= 11 is 0. The van der Waals surface area contributed by atoms with Crippen LogP contribution in [0.4, 0.5) is 4.39 Å². The summed E-state index contributed by atoms with van der Waals surface area (Å²) in [6.07, 6.45) is 1.34. The molecule has 0 aliphatic carbocycles. The van der Waals surface area contributed by atoms with Crippen LogP contribution in [0, 0.1) is 5.82 Å². The summed E-state index contributed by atoms with van der Waals surface area (Å²) in [5, 5.41) is 9.25. The molecule has 0 bridgehead atoms. The summed E-state index contributed by atoms with van der Waals surface area (Å²) in [5.74, 6) is -2.55. The fourth-order valence-corrected chi connectivity index (χ4v) is 1.45. The number of aliphatic hydroxyl groups is 1. The number of likely N-dealkylation sites (N-methyl/N-ethyl adjacent to an activating group) is 1. The Morgan fingerprint density at radius 1 is 1.35 bits per heavy atom. The third-order valence-corrected chi connectivity index (χ3v) is 2.68. The molecule has 0 aliphatic heterocycles. The zero-order chi connectivity index (χ0) is 15.1. The molecule has 0 atom stereocenters. The third-order valence-electron chi connectivity index (χ3n) is 2.68. The molecule has 6 heteroatoms. The van der Waals surface area contributed by atoms with Gasteiger partial charge in [-0.1, -0.05) is 12.1 Å². The number of rotatable bonds is 5. The van der Waals surface area contributed by atoms with Gasteiger partial charge in [0.05, 0.1) is 13.2 Å². The van der Waals surface area contributed by atoms with Crippen molar-refractivity contribution in [2.24, 2.45) is 0 Å². The Bertz CT molecular complexity index is 510. The van der Waals surface area contributed by atoms with E-state index in [1.807, 2.05) is 0 Å². The van der Waals surface area contributed by atoms with Gasteiger partial charge in [0.2, 0.25) is 11.7 Å². The zero-order valence-electron chi connectivity index (χ0n) is 11.3. The van der Waals surface area contributed by atoms with Gasteiger partial charge in [0.1, 0.15) is 5.82 Å². The summed E-state index contributed by atoms with van der Waals surface area (Å²) in [7, 11) is 2.64. The number of esters is 1. The molecule has 0 unspecified atom stereocenters. The third kappa shape index (κ3) is 4.72. The molecule has 108 valence electrons. The first-order valence-electron chi connectivity index (χ1n) is 5.92. The fraction of sp³-hybridized carbons (Fsp3) is 0.286. The van der Waals surface area contributed by atoms with E-state index in [0.717, 1.165) is 18.7 Å². The Morgan fingerprint density at radius 2 is 1.95 bits per heavy atom. The second-order valence-corrected chi connectivity index (χ2v) is 4.16. The van der Waals surface area contributed by atoms with Gasteiger partial charge in [0, 0.05) is 13.6 Å². The lowest BCUT2D eigenvalue weighted by atomic mass is 10.1. The van der Waals surface area contributed by atoms with Crippen molar-refractivity contribution < 1.29 is 23.8 Å². The minimum Gasteiger partial charge on any atom is -0.502 e. The predicted octanol–water partition coefficient (Wildman–Crippen LogP) is 1.44. The van der Waals surface area contributed by atoms with Crippen molar-refractivity contribution in [2.75, 3.05) is 20.7 Å². The van der Waals surface area contributed by atoms with Crippen molar-refractivity contribution in [2.45, 2.75) is 6.42 Å². The topological polar surface area (TPSA) is 66.8 Å². The van der Waals surface area contributed by atoms with Crippen molar-refractivity contribution in [1.29, 1.82) is 0 Å². The van der Waals surface area contributed by atoms with Gasteiger partial charge in [0.25, 0.3) is 0 Å².